The summed E-state index contributed by atoms with van der Waals surface area (Å²) in [7, 11) is 0. The van der Waals surface area contributed by atoms with E-state index >= 15 is 0 Å². The number of nitrogen functional groups attached to an aromatic ring is 1. The van der Waals surface area contributed by atoms with Crippen molar-refractivity contribution in [1.29, 1.82) is 10.5 Å². The lowest BCUT2D eigenvalue weighted by Crippen LogP contribution is -2.45. The predicted molar refractivity (Wildman–Crippen MR) is 92.9 cm³/mol. The molecule has 0 bridgehead atoms. The second kappa shape index (κ2) is 7.55. The summed E-state index contributed by atoms with van der Waals surface area (Å²) >= 11 is 1.22. The fourth-order valence-corrected chi connectivity index (χ4v) is 4.05. The molecule has 1 fully saturated rings. The number of amides is 1. The van der Waals surface area contributed by atoms with Gasteiger partial charge < -0.3 is 10.6 Å². The number of pyridine rings is 1. The van der Waals surface area contributed by atoms with Crippen molar-refractivity contribution < 1.29 is 4.79 Å². The fourth-order valence-electron chi connectivity index (χ4n) is 3.09. The summed E-state index contributed by atoms with van der Waals surface area (Å²) < 4.78 is 0. The van der Waals surface area contributed by atoms with E-state index in [4.69, 9.17) is 11.0 Å². The molecule has 1 amide bonds. The summed E-state index contributed by atoms with van der Waals surface area (Å²) in [6.07, 6.45) is 1.14. The van der Waals surface area contributed by atoms with Gasteiger partial charge in [0.1, 0.15) is 23.0 Å². The lowest BCUT2D eigenvalue weighted by atomic mass is 9.92. The Kier molecular flexibility index (Phi) is 5.69. The summed E-state index contributed by atoms with van der Waals surface area (Å²) in [6, 6.07) is 5.36. The van der Waals surface area contributed by atoms with Gasteiger partial charge in [-0.25, -0.2) is 4.98 Å². The molecule has 0 aromatic carbocycles. The highest BCUT2D eigenvalue weighted by Crippen LogP contribution is 2.30. The number of hydrogen-bond donors (Lipinski definition) is 1. The van der Waals surface area contributed by atoms with Gasteiger partial charge in [-0.05, 0) is 31.2 Å². The third kappa shape index (κ3) is 3.98. The SMILES string of the molecule is C[C@@H]1C[C@@H](C)CN(C(=O)[C@@H](C)Sc2nc(N)c(C#N)cc2C#N)C1. The lowest BCUT2D eigenvalue weighted by molar-refractivity contribution is -0.132. The number of thioether (sulfide) groups is 1. The molecular weight excluding hydrogens is 322 g/mol. The van der Waals surface area contributed by atoms with Crippen molar-refractivity contribution in [2.75, 3.05) is 18.8 Å². The van der Waals surface area contributed by atoms with Gasteiger partial charge in [0.15, 0.2) is 0 Å². The predicted octanol–water partition coefficient (Wildman–Crippen LogP) is 2.39. The highest BCUT2D eigenvalue weighted by Gasteiger charge is 2.29. The molecule has 0 aliphatic carbocycles. The number of piperidine rings is 1. The van der Waals surface area contributed by atoms with Gasteiger partial charge in [0.2, 0.25) is 5.91 Å². The molecule has 24 heavy (non-hydrogen) atoms. The first-order valence-corrected chi connectivity index (χ1v) is 8.79. The summed E-state index contributed by atoms with van der Waals surface area (Å²) in [5.41, 5.74) is 6.18. The molecule has 1 saturated heterocycles. The maximum absolute atomic E-state index is 12.7. The number of anilines is 1. The zero-order valence-electron chi connectivity index (χ0n) is 14.1. The van der Waals surface area contributed by atoms with Gasteiger partial charge in [0, 0.05) is 13.1 Å². The molecule has 0 unspecified atom stereocenters. The molecule has 1 aliphatic rings. The first-order chi connectivity index (χ1) is 11.3. The molecule has 2 N–H and O–H groups in total. The van der Waals surface area contributed by atoms with Crippen LogP contribution >= 0.6 is 11.8 Å². The number of carbonyl (C=O) groups is 1. The molecule has 7 heteroatoms. The van der Waals surface area contributed by atoms with Gasteiger partial charge in [0.05, 0.1) is 16.4 Å². The van der Waals surface area contributed by atoms with E-state index in [2.05, 4.69) is 18.8 Å². The Morgan fingerprint density at radius 2 is 1.92 bits per heavy atom. The molecular formula is C17H21N5OS. The Morgan fingerprint density at radius 3 is 2.46 bits per heavy atom. The Bertz CT molecular complexity index is 711. The van der Waals surface area contributed by atoms with Gasteiger partial charge in [-0.3, -0.25) is 4.79 Å². The van der Waals surface area contributed by atoms with Crippen molar-refractivity contribution in [3.63, 3.8) is 0 Å². The molecule has 0 spiro atoms. The Morgan fingerprint density at radius 1 is 1.33 bits per heavy atom. The second-order valence-electron chi connectivity index (χ2n) is 6.45. The van der Waals surface area contributed by atoms with Crippen LogP contribution in [0.3, 0.4) is 0 Å². The molecule has 0 saturated carbocycles. The van der Waals surface area contributed by atoms with Crippen LogP contribution < -0.4 is 5.73 Å². The van der Waals surface area contributed by atoms with Crippen molar-refractivity contribution >= 4 is 23.5 Å². The topological polar surface area (TPSA) is 107 Å². The summed E-state index contributed by atoms with van der Waals surface area (Å²) in [6.45, 7) is 7.66. The Balaban J connectivity index is 2.16. The number of nitrogens with two attached hydrogens (primary N) is 1. The van der Waals surface area contributed by atoms with Gasteiger partial charge in [0.25, 0.3) is 0 Å². The molecule has 126 valence electrons. The quantitative estimate of drug-likeness (QED) is 0.844. The van der Waals surface area contributed by atoms with E-state index in [1.165, 1.54) is 17.8 Å². The van der Waals surface area contributed by atoms with Gasteiger partial charge >= 0.3 is 0 Å². The molecule has 1 aliphatic heterocycles. The summed E-state index contributed by atoms with van der Waals surface area (Å²) in [4.78, 5) is 18.7. The summed E-state index contributed by atoms with van der Waals surface area (Å²) in [5.74, 6) is 1.12. The third-order valence-electron chi connectivity index (χ3n) is 4.07. The van der Waals surface area contributed by atoms with Crippen molar-refractivity contribution in [2.24, 2.45) is 11.8 Å². The van der Waals surface area contributed by atoms with E-state index in [0.717, 1.165) is 19.5 Å². The zero-order chi connectivity index (χ0) is 17.9. The number of carbonyl (C=O) groups excluding carboxylic acids is 1. The van der Waals surface area contributed by atoms with E-state index in [9.17, 15) is 10.1 Å². The molecule has 1 aromatic heterocycles. The van der Waals surface area contributed by atoms with E-state index in [0.29, 0.717) is 16.9 Å². The molecule has 0 radical (unpaired) electrons. The van der Waals surface area contributed by atoms with Crippen LogP contribution in [0.5, 0.6) is 0 Å². The van der Waals surface area contributed by atoms with Crippen LogP contribution in [0.1, 0.15) is 38.3 Å². The van der Waals surface area contributed by atoms with Crippen LogP contribution in [-0.4, -0.2) is 34.1 Å². The molecule has 2 rings (SSSR count). The molecule has 2 heterocycles. The average molecular weight is 343 g/mol. The van der Waals surface area contributed by atoms with Crippen LogP contribution in [-0.2, 0) is 4.79 Å². The van der Waals surface area contributed by atoms with Crippen molar-refractivity contribution in [3.8, 4) is 12.1 Å². The van der Waals surface area contributed by atoms with Gasteiger partial charge in [-0.2, -0.15) is 10.5 Å². The van der Waals surface area contributed by atoms with Crippen molar-refractivity contribution in [2.45, 2.75) is 37.5 Å². The van der Waals surface area contributed by atoms with Gasteiger partial charge in [-0.15, -0.1) is 0 Å². The van der Waals surface area contributed by atoms with Crippen LogP contribution in [0.2, 0.25) is 0 Å². The molecule has 6 nitrogen and oxygen atoms in total. The zero-order valence-corrected chi connectivity index (χ0v) is 14.9. The highest BCUT2D eigenvalue weighted by molar-refractivity contribution is 8.00. The number of rotatable bonds is 3. The van der Waals surface area contributed by atoms with E-state index in [1.54, 1.807) is 0 Å². The minimum Gasteiger partial charge on any atom is -0.383 e. The minimum absolute atomic E-state index is 0.0482. The smallest absolute Gasteiger partial charge is 0.235 e. The monoisotopic (exact) mass is 343 g/mol. The second-order valence-corrected chi connectivity index (χ2v) is 7.78. The van der Waals surface area contributed by atoms with E-state index in [-0.39, 0.29) is 28.1 Å². The third-order valence-corrected chi connectivity index (χ3v) is 5.16. The van der Waals surface area contributed by atoms with Crippen LogP contribution in [0.4, 0.5) is 5.82 Å². The van der Waals surface area contributed by atoms with Crippen LogP contribution in [0, 0.1) is 34.5 Å². The number of nitrogens with zero attached hydrogens (tertiary/aromatic N) is 4. The normalized spacial score (nSPS) is 21.6. The average Bonchev–Trinajstić information content (AvgIpc) is 2.53. The minimum atomic E-state index is -0.366. The van der Waals surface area contributed by atoms with Crippen LogP contribution in [0.25, 0.3) is 0 Å². The largest absolute Gasteiger partial charge is 0.383 e. The maximum Gasteiger partial charge on any atom is 0.235 e. The summed E-state index contributed by atoms with van der Waals surface area (Å²) in [5, 5.41) is 18.3. The Hall–Kier alpha value is -2.25. The van der Waals surface area contributed by atoms with Crippen LogP contribution in [0.15, 0.2) is 11.1 Å². The highest BCUT2D eigenvalue weighted by atomic mass is 32.2. The first-order valence-electron chi connectivity index (χ1n) is 7.91. The lowest BCUT2D eigenvalue weighted by Gasteiger charge is -2.36. The van der Waals surface area contributed by atoms with Crippen molar-refractivity contribution in [3.05, 3.63) is 17.2 Å². The number of likely N-dealkylation sites (tertiary alicyclic amines) is 1. The fraction of sp³-hybridized carbons (Fsp3) is 0.529. The standard InChI is InChI=1S/C17H21N5OS/c1-10-4-11(2)9-22(8-10)17(23)12(3)24-16-14(7-19)5-13(6-18)15(20)21-16/h5,10-12H,4,8-9H2,1-3H3,(H2,20,21)/t10-,11-,12-/m1/s1. The molecule has 3 atom stereocenters. The Labute approximate surface area is 146 Å². The van der Waals surface area contributed by atoms with E-state index < -0.39 is 0 Å². The van der Waals surface area contributed by atoms with Crippen molar-refractivity contribution in [1.82, 2.24) is 9.88 Å². The maximum atomic E-state index is 12.7. The molecule has 1 aromatic rings. The number of aromatic nitrogens is 1. The van der Waals surface area contributed by atoms with E-state index in [1.807, 2.05) is 24.0 Å². The number of hydrogen-bond acceptors (Lipinski definition) is 6. The first kappa shape index (κ1) is 18.1. The van der Waals surface area contributed by atoms with Gasteiger partial charge in [-0.1, -0.05) is 25.6 Å². The number of nitriles is 2.